The van der Waals surface area contributed by atoms with E-state index in [1.54, 1.807) is 0 Å². The maximum absolute atomic E-state index is 13.7. The van der Waals surface area contributed by atoms with Gasteiger partial charge in [0.2, 0.25) is 0 Å². The molecule has 0 heterocycles. The lowest BCUT2D eigenvalue weighted by Gasteiger charge is -2.07. The fourth-order valence-electron chi connectivity index (χ4n) is 1.69. The molecular weight excluding hydrogens is 293 g/mol. The van der Waals surface area contributed by atoms with E-state index in [-0.39, 0.29) is 27.4 Å². The van der Waals surface area contributed by atoms with Gasteiger partial charge in [-0.3, -0.25) is 4.79 Å². The van der Waals surface area contributed by atoms with Gasteiger partial charge in [-0.25, -0.2) is 4.39 Å². The second kappa shape index (κ2) is 6.04. The van der Waals surface area contributed by atoms with Crippen LogP contribution in [0.2, 0.25) is 5.02 Å². The van der Waals surface area contributed by atoms with Crippen LogP contribution < -0.4 is 5.32 Å². The minimum atomic E-state index is -0.814. The van der Waals surface area contributed by atoms with Crippen molar-refractivity contribution in [3.8, 4) is 12.1 Å². The van der Waals surface area contributed by atoms with E-state index < -0.39 is 11.7 Å². The minimum absolute atomic E-state index is 0.127. The molecule has 1 N–H and O–H groups in total. The number of amides is 1. The van der Waals surface area contributed by atoms with Crippen LogP contribution in [-0.2, 0) is 0 Å². The molecule has 2 rings (SSSR count). The van der Waals surface area contributed by atoms with Crippen LogP contribution in [0.1, 0.15) is 21.5 Å². The van der Waals surface area contributed by atoms with E-state index in [9.17, 15) is 9.18 Å². The summed E-state index contributed by atoms with van der Waals surface area (Å²) in [6.45, 7) is 0. The molecule has 0 radical (unpaired) electrons. The Morgan fingerprint density at radius 1 is 1.14 bits per heavy atom. The number of rotatable bonds is 2. The predicted octanol–water partition coefficient (Wildman–Crippen LogP) is 3.47. The van der Waals surface area contributed by atoms with Crippen molar-refractivity contribution in [3.05, 3.63) is 63.9 Å². The lowest BCUT2D eigenvalue weighted by molar-refractivity contribution is 0.102. The largest absolute Gasteiger partial charge is 0.322 e. The van der Waals surface area contributed by atoms with E-state index >= 15 is 0 Å². The Morgan fingerprint density at radius 2 is 1.86 bits per heavy atom. The molecule has 0 aromatic heterocycles. The van der Waals surface area contributed by atoms with Crippen LogP contribution in [0.4, 0.5) is 10.1 Å². The maximum Gasteiger partial charge on any atom is 0.258 e. The molecule has 0 aliphatic carbocycles. The summed E-state index contributed by atoms with van der Waals surface area (Å²) < 4.78 is 13.7. The van der Waals surface area contributed by atoms with E-state index in [1.807, 2.05) is 12.1 Å². The highest BCUT2D eigenvalue weighted by molar-refractivity contribution is 6.31. The third-order valence-electron chi connectivity index (χ3n) is 2.71. The summed E-state index contributed by atoms with van der Waals surface area (Å²) in [5.74, 6) is -1.51. The average Bonchev–Trinajstić information content (AvgIpc) is 2.49. The lowest BCUT2D eigenvalue weighted by Crippen LogP contribution is -2.14. The van der Waals surface area contributed by atoms with Crippen molar-refractivity contribution in [2.45, 2.75) is 0 Å². The van der Waals surface area contributed by atoms with Gasteiger partial charge in [0.1, 0.15) is 12.1 Å². The molecule has 0 saturated heterocycles. The zero-order valence-electron chi connectivity index (χ0n) is 10.5. The van der Waals surface area contributed by atoms with Crippen LogP contribution in [0.25, 0.3) is 0 Å². The fraction of sp³-hybridized carbons (Fsp3) is 0. The van der Waals surface area contributed by atoms with Gasteiger partial charge in [0.25, 0.3) is 5.91 Å². The second-order valence-electron chi connectivity index (χ2n) is 4.04. The fourth-order valence-corrected chi connectivity index (χ4v) is 1.86. The Labute approximate surface area is 125 Å². The highest BCUT2D eigenvalue weighted by Crippen LogP contribution is 2.20. The summed E-state index contributed by atoms with van der Waals surface area (Å²) in [4.78, 5) is 12.0. The zero-order chi connectivity index (χ0) is 15.4. The van der Waals surface area contributed by atoms with Gasteiger partial charge in [-0.05, 0) is 30.3 Å². The molecule has 1 amide bonds. The van der Waals surface area contributed by atoms with Gasteiger partial charge in [-0.15, -0.1) is 0 Å². The molecule has 0 aliphatic rings. The van der Waals surface area contributed by atoms with Crippen molar-refractivity contribution in [3.63, 3.8) is 0 Å². The van der Waals surface area contributed by atoms with Crippen LogP contribution in [0.15, 0.2) is 36.4 Å². The number of benzene rings is 2. The Morgan fingerprint density at radius 3 is 2.52 bits per heavy atom. The van der Waals surface area contributed by atoms with Crippen LogP contribution in [0.3, 0.4) is 0 Å². The quantitative estimate of drug-likeness (QED) is 0.922. The Kier molecular flexibility index (Phi) is 4.18. The van der Waals surface area contributed by atoms with Crippen molar-refractivity contribution < 1.29 is 9.18 Å². The number of hydrogen-bond acceptors (Lipinski definition) is 3. The summed E-state index contributed by atoms with van der Waals surface area (Å²) >= 11 is 5.61. The highest BCUT2D eigenvalue weighted by atomic mass is 35.5. The van der Waals surface area contributed by atoms with E-state index in [0.717, 1.165) is 0 Å². The van der Waals surface area contributed by atoms with Crippen molar-refractivity contribution in [2.75, 3.05) is 5.32 Å². The Balaban J connectivity index is 2.31. The third kappa shape index (κ3) is 3.00. The van der Waals surface area contributed by atoms with Gasteiger partial charge in [-0.2, -0.15) is 10.5 Å². The van der Waals surface area contributed by atoms with Crippen LogP contribution in [0.5, 0.6) is 0 Å². The van der Waals surface area contributed by atoms with Gasteiger partial charge in [0.05, 0.1) is 21.7 Å². The standard InChI is InChI=1S/C15H7ClFN3O/c16-13-3-1-2-12(14(13)17)15(21)20-11-5-4-9(7-18)10(6-11)8-19/h1-6H,(H,20,21). The zero-order valence-corrected chi connectivity index (χ0v) is 11.3. The van der Waals surface area contributed by atoms with Gasteiger partial charge in [0, 0.05) is 5.69 Å². The van der Waals surface area contributed by atoms with Gasteiger partial charge in [0.15, 0.2) is 5.82 Å². The van der Waals surface area contributed by atoms with Gasteiger partial charge < -0.3 is 5.32 Å². The SMILES string of the molecule is N#Cc1ccc(NC(=O)c2cccc(Cl)c2F)cc1C#N. The van der Waals surface area contributed by atoms with Gasteiger partial charge >= 0.3 is 0 Å². The maximum atomic E-state index is 13.7. The summed E-state index contributed by atoms with van der Waals surface area (Å²) in [5.41, 5.74) is 0.409. The summed E-state index contributed by atoms with van der Waals surface area (Å²) in [6.07, 6.45) is 0. The lowest BCUT2D eigenvalue weighted by atomic mass is 10.1. The smallest absolute Gasteiger partial charge is 0.258 e. The first-order chi connectivity index (χ1) is 10.1. The molecule has 0 saturated carbocycles. The number of nitrogens with one attached hydrogen (secondary N) is 1. The van der Waals surface area contributed by atoms with E-state index in [4.69, 9.17) is 22.1 Å². The molecule has 0 atom stereocenters. The second-order valence-corrected chi connectivity index (χ2v) is 4.45. The molecule has 6 heteroatoms. The first kappa shape index (κ1) is 14.5. The first-order valence-corrected chi connectivity index (χ1v) is 6.14. The molecule has 2 aromatic rings. The summed E-state index contributed by atoms with van der Waals surface area (Å²) in [5, 5.41) is 20.0. The Hall–Kier alpha value is -2.89. The molecule has 0 spiro atoms. The van der Waals surface area contributed by atoms with Crippen molar-refractivity contribution in [1.82, 2.24) is 0 Å². The average molecular weight is 300 g/mol. The molecule has 0 unspecified atom stereocenters. The normalized spacial score (nSPS) is 9.52. The number of hydrogen-bond donors (Lipinski definition) is 1. The van der Waals surface area contributed by atoms with Gasteiger partial charge in [-0.1, -0.05) is 17.7 Å². The van der Waals surface area contributed by atoms with Crippen LogP contribution in [0, 0.1) is 28.5 Å². The highest BCUT2D eigenvalue weighted by Gasteiger charge is 2.14. The minimum Gasteiger partial charge on any atom is -0.322 e. The number of carbonyl (C=O) groups excluding carboxylic acids is 1. The third-order valence-corrected chi connectivity index (χ3v) is 3.01. The molecule has 0 bridgehead atoms. The van der Waals surface area contributed by atoms with Crippen molar-refractivity contribution in [2.24, 2.45) is 0 Å². The number of anilines is 1. The van der Waals surface area contributed by atoms with E-state index in [0.29, 0.717) is 0 Å². The monoisotopic (exact) mass is 299 g/mol. The van der Waals surface area contributed by atoms with Crippen molar-refractivity contribution >= 4 is 23.2 Å². The molecule has 21 heavy (non-hydrogen) atoms. The number of carbonyl (C=O) groups is 1. The summed E-state index contributed by atoms with van der Waals surface area (Å²) in [7, 11) is 0. The number of nitriles is 2. The molecule has 0 fully saturated rings. The Bertz CT molecular complexity index is 806. The number of halogens is 2. The molecule has 0 aliphatic heterocycles. The number of nitrogens with zero attached hydrogens (tertiary/aromatic N) is 2. The summed E-state index contributed by atoms with van der Waals surface area (Å²) in [6, 6.07) is 12.0. The predicted molar refractivity (Wildman–Crippen MR) is 75.2 cm³/mol. The topological polar surface area (TPSA) is 76.7 Å². The van der Waals surface area contributed by atoms with Crippen LogP contribution in [-0.4, -0.2) is 5.91 Å². The van der Waals surface area contributed by atoms with Crippen molar-refractivity contribution in [1.29, 1.82) is 10.5 Å². The molecule has 102 valence electrons. The van der Waals surface area contributed by atoms with E-state index in [2.05, 4.69) is 5.32 Å². The van der Waals surface area contributed by atoms with Crippen LogP contribution >= 0.6 is 11.6 Å². The molecule has 2 aromatic carbocycles. The first-order valence-electron chi connectivity index (χ1n) is 5.76. The van der Waals surface area contributed by atoms with E-state index in [1.165, 1.54) is 36.4 Å². The molecule has 4 nitrogen and oxygen atoms in total. The molecular formula is C15H7ClFN3O.